The number of carbonyl (C=O) groups excluding carboxylic acids is 1. The van der Waals surface area contributed by atoms with Crippen LogP contribution in [0.15, 0.2) is 53.4 Å². The molecule has 0 bridgehead atoms. The van der Waals surface area contributed by atoms with E-state index in [-0.39, 0.29) is 17.8 Å². The zero-order valence-electron chi connectivity index (χ0n) is 11.4. The number of anilines is 2. The number of hydrogen-bond acceptors (Lipinski definition) is 4. The van der Waals surface area contributed by atoms with Crippen molar-refractivity contribution in [2.24, 2.45) is 0 Å². The molecule has 5 heteroatoms. The highest BCUT2D eigenvalue weighted by atomic mass is 32.2. The number of β-amino-alcohol motifs (C(OH)–C–C–N with tert-alkyl or cyclic N) is 1. The zero-order valence-corrected chi connectivity index (χ0v) is 12.2. The van der Waals surface area contributed by atoms with E-state index in [4.69, 9.17) is 5.73 Å². The highest BCUT2D eigenvalue weighted by Gasteiger charge is 2.34. The first kappa shape index (κ1) is 14.0. The van der Waals surface area contributed by atoms with Crippen molar-refractivity contribution in [3.63, 3.8) is 0 Å². The third-order valence-electron chi connectivity index (χ3n) is 3.44. The van der Waals surface area contributed by atoms with E-state index in [0.29, 0.717) is 12.2 Å². The van der Waals surface area contributed by atoms with Gasteiger partial charge in [0.25, 0.3) is 0 Å². The van der Waals surface area contributed by atoms with Gasteiger partial charge >= 0.3 is 0 Å². The van der Waals surface area contributed by atoms with Gasteiger partial charge in [0, 0.05) is 17.1 Å². The molecule has 3 N–H and O–H groups in total. The molecular weight excluding hydrogens is 284 g/mol. The van der Waals surface area contributed by atoms with Crippen molar-refractivity contribution in [3.05, 3.63) is 54.1 Å². The molecular formula is C16H16N2O2S. The van der Waals surface area contributed by atoms with Crippen LogP contribution in [-0.4, -0.2) is 24.2 Å². The fourth-order valence-electron chi connectivity index (χ4n) is 2.45. The summed E-state index contributed by atoms with van der Waals surface area (Å²) in [5.74, 6) is -0.00229. The fraction of sp³-hybridized carbons (Fsp3) is 0.188. The molecule has 0 saturated heterocycles. The second kappa shape index (κ2) is 5.79. The summed E-state index contributed by atoms with van der Waals surface area (Å²) in [7, 11) is 0. The molecule has 0 fully saturated rings. The minimum atomic E-state index is -0.299. The number of nitrogen functional groups attached to an aromatic ring is 1. The first-order valence-corrected chi connectivity index (χ1v) is 7.62. The Morgan fingerprint density at radius 2 is 1.95 bits per heavy atom. The molecule has 108 valence electrons. The molecule has 1 aliphatic rings. The van der Waals surface area contributed by atoms with Gasteiger partial charge in [-0.1, -0.05) is 30.3 Å². The standard InChI is InChI=1S/C16H16N2O2S/c17-12-6-7-13-14(10-12)21-15(11-4-2-1-3-5-11)16(20)18(13)8-9-19/h1-7,10,15,19H,8-9,17H2. The van der Waals surface area contributed by atoms with Crippen LogP contribution in [-0.2, 0) is 4.79 Å². The molecule has 2 aromatic carbocycles. The Hall–Kier alpha value is -1.98. The van der Waals surface area contributed by atoms with Crippen LogP contribution in [0.1, 0.15) is 10.8 Å². The molecule has 0 spiro atoms. The van der Waals surface area contributed by atoms with E-state index in [2.05, 4.69) is 0 Å². The second-order valence-electron chi connectivity index (χ2n) is 4.85. The Kier molecular flexibility index (Phi) is 3.86. The van der Waals surface area contributed by atoms with Gasteiger partial charge in [-0.05, 0) is 23.8 Å². The number of amides is 1. The van der Waals surface area contributed by atoms with Crippen LogP contribution >= 0.6 is 11.8 Å². The maximum absolute atomic E-state index is 12.7. The van der Waals surface area contributed by atoms with E-state index in [1.807, 2.05) is 42.5 Å². The lowest BCUT2D eigenvalue weighted by molar-refractivity contribution is -0.118. The monoisotopic (exact) mass is 300 g/mol. The van der Waals surface area contributed by atoms with E-state index >= 15 is 0 Å². The summed E-state index contributed by atoms with van der Waals surface area (Å²) in [6.07, 6.45) is 0. The van der Waals surface area contributed by atoms with E-state index < -0.39 is 0 Å². The summed E-state index contributed by atoms with van der Waals surface area (Å²) in [6.45, 7) is 0.224. The lowest BCUT2D eigenvalue weighted by Crippen LogP contribution is -2.39. The van der Waals surface area contributed by atoms with Crippen LogP contribution in [0.4, 0.5) is 11.4 Å². The zero-order chi connectivity index (χ0) is 14.8. The van der Waals surface area contributed by atoms with Crippen molar-refractivity contribution in [1.82, 2.24) is 0 Å². The van der Waals surface area contributed by atoms with Gasteiger partial charge < -0.3 is 15.7 Å². The molecule has 1 heterocycles. The topological polar surface area (TPSA) is 66.6 Å². The van der Waals surface area contributed by atoms with Crippen molar-refractivity contribution < 1.29 is 9.90 Å². The Balaban J connectivity index is 2.05. The van der Waals surface area contributed by atoms with Crippen LogP contribution in [0.5, 0.6) is 0 Å². The van der Waals surface area contributed by atoms with Gasteiger partial charge in [0.15, 0.2) is 0 Å². The number of hydrogen-bond donors (Lipinski definition) is 2. The average Bonchev–Trinajstić information content (AvgIpc) is 2.51. The normalized spacial score (nSPS) is 17.7. The minimum absolute atomic E-state index is 0.00229. The predicted octanol–water partition coefficient (Wildman–Crippen LogP) is 2.44. The molecule has 4 nitrogen and oxygen atoms in total. The van der Waals surface area contributed by atoms with Crippen LogP contribution in [0.25, 0.3) is 0 Å². The number of carbonyl (C=O) groups is 1. The molecule has 1 aliphatic heterocycles. The molecule has 0 aliphatic carbocycles. The number of nitrogens with two attached hydrogens (primary N) is 1. The molecule has 1 unspecified atom stereocenters. The van der Waals surface area contributed by atoms with Gasteiger partial charge in [0.05, 0.1) is 12.3 Å². The smallest absolute Gasteiger partial charge is 0.245 e. The molecule has 2 aromatic rings. The summed E-state index contributed by atoms with van der Waals surface area (Å²) in [4.78, 5) is 15.3. The van der Waals surface area contributed by atoms with Gasteiger partial charge in [-0.25, -0.2) is 0 Å². The number of nitrogens with zero attached hydrogens (tertiary/aromatic N) is 1. The van der Waals surface area contributed by atoms with Crippen molar-refractivity contribution in [3.8, 4) is 0 Å². The number of aliphatic hydroxyl groups is 1. The third-order valence-corrected chi connectivity index (χ3v) is 4.73. The van der Waals surface area contributed by atoms with Crippen molar-refractivity contribution in [1.29, 1.82) is 0 Å². The first-order chi connectivity index (χ1) is 10.2. The van der Waals surface area contributed by atoms with Crippen molar-refractivity contribution >= 4 is 29.0 Å². The van der Waals surface area contributed by atoms with Crippen LogP contribution in [0.2, 0.25) is 0 Å². The van der Waals surface area contributed by atoms with Gasteiger partial charge in [-0.2, -0.15) is 0 Å². The SMILES string of the molecule is Nc1ccc2c(c1)SC(c1ccccc1)C(=O)N2CCO. The Morgan fingerprint density at radius 3 is 2.67 bits per heavy atom. The number of fused-ring (bicyclic) bond motifs is 1. The summed E-state index contributed by atoms with van der Waals surface area (Å²) in [5, 5.41) is 8.95. The molecule has 1 atom stereocenters. The Morgan fingerprint density at radius 1 is 1.19 bits per heavy atom. The lowest BCUT2D eigenvalue weighted by Gasteiger charge is -2.33. The maximum atomic E-state index is 12.7. The molecule has 0 saturated carbocycles. The van der Waals surface area contributed by atoms with Crippen molar-refractivity contribution in [2.75, 3.05) is 23.8 Å². The fourth-order valence-corrected chi connectivity index (χ4v) is 3.73. The van der Waals surface area contributed by atoms with Gasteiger partial charge in [0.1, 0.15) is 5.25 Å². The third kappa shape index (κ3) is 2.62. The number of thioether (sulfide) groups is 1. The van der Waals surface area contributed by atoms with E-state index in [1.165, 1.54) is 11.8 Å². The quantitative estimate of drug-likeness (QED) is 0.855. The molecule has 1 amide bonds. The van der Waals surface area contributed by atoms with E-state index in [9.17, 15) is 9.90 Å². The molecule has 3 rings (SSSR count). The van der Waals surface area contributed by atoms with Crippen molar-refractivity contribution in [2.45, 2.75) is 10.1 Å². The van der Waals surface area contributed by atoms with E-state index in [0.717, 1.165) is 16.1 Å². The second-order valence-corrected chi connectivity index (χ2v) is 6.00. The van der Waals surface area contributed by atoms with Crippen LogP contribution in [0.3, 0.4) is 0 Å². The van der Waals surface area contributed by atoms with Gasteiger partial charge in [-0.15, -0.1) is 11.8 Å². The maximum Gasteiger partial charge on any atom is 0.245 e. The summed E-state index contributed by atoms with van der Waals surface area (Å²) < 4.78 is 0. The van der Waals surface area contributed by atoms with Crippen LogP contribution < -0.4 is 10.6 Å². The summed E-state index contributed by atoms with van der Waals surface area (Å²) in [6, 6.07) is 15.2. The first-order valence-electron chi connectivity index (χ1n) is 6.74. The summed E-state index contributed by atoms with van der Waals surface area (Å²) in [5.41, 5.74) is 8.31. The Labute approximate surface area is 127 Å². The highest BCUT2D eigenvalue weighted by Crippen LogP contribution is 2.46. The average molecular weight is 300 g/mol. The number of aliphatic hydroxyl groups excluding tert-OH is 1. The van der Waals surface area contributed by atoms with E-state index in [1.54, 1.807) is 11.0 Å². The lowest BCUT2D eigenvalue weighted by atomic mass is 10.1. The largest absolute Gasteiger partial charge is 0.399 e. The Bertz CT molecular complexity index is 661. The molecule has 21 heavy (non-hydrogen) atoms. The summed E-state index contributed by atoms with van der Waals surface area (Å²) >= 11 is 1.51. The number of benzene rings is 2. The number of rotatable bonds is 3. The predicted molar refractivity (Wildman–Crippen MR) is 85.3 cm³/mol. The van der Waals surface area contributed by atoms with Crippen LogP contribution in [0, 0.1) is 0 Å². The van der Waals surface area contributed by atoms with Gasteiger partial charge in [-0.3, -0.25) is 4.79 Å². The minimum Gasteiger partial charge on any atom is -0.399 e. The van der Waals surface area contributed by atoms with Gasteiger partial charge in [0.2, 0.25) is 5.91 Å². The highest BCUT2D eigenvalue weighted by molar-refractivity contribution is 8.00. The molecule has 0 radical (unpaired) electrons. The molecule has 0 aromatic heterocycles.